The predicted molar refractivity (Wildman–Crippen MR) is 80.6 cm³/mol. The molecule has 2 atom stereocenters. The minimum atomic E-state index is -3.56. The van der Waals surface area contributed by atoms with E-state index in [9.17, 15) is 8.42 Å². The standard InChI is InChI=1S/C14H25N3O3S/c1-10-7-5-6-8-17(10)11(2)9-15-21(18,19)14-12(3)16-20-13(14)4/h10-11,15H,5-9H2,1-4H3/t10-,11+/m1/s1. The molecule has 0 saturated carbocycles. The highest BCUT2D eigenvalue weighted by atomic mass is 32.2. The van der Waals surface area contributed by atoms with Gasteiger partial charge in [-0.3, -0.25) is 4.90 Å². The third kappa shape index (κ3) is 3.64. The number of aryl methyl sites for hydroxylation is 2. The Morgan fingerprint density at radius 1 is 1.43 bits per heavy atom. The summed E-state index contributed by atoms with van der Waals surface area (Å²) in [6.07, 6.45) is 3.63. The lowest BCUT2D eigenvalue weighted by Crippen LogP contribution is -2.48. The second-order valence-corrected chi connectivity index (χ2v) is 7.64. The molecule has 0 aromatic carbocycles. The predicted octanol–water partition coefficient (Wildman–Crippen LogP) is 1.83. The van der Waals surface area contributed by atoms with Crippen LogP contribution in [-0.4, -0.2) is 43.6 Å². The molecule has 21 heavy (non-hydrogen) atoms. The Hall–Kier alpha value is -0.920. The maximum atomic E-state index is 12.4. The fraction of sp³-hybridized carbons (Fsp3) is 0.786. The van der Waals surface area contributed by atoms with E-state index in [-0.39, 0.29) is 10.9 Å². The van der Waals surface area contributed by atoms with Gasteiger partial charge in [0.05, 0.1) is 0 Å². The number of nitrogens with one attached hydrogen (secondary N) is 1. The SMILES string of the molecule is Cc1noc(C)c1S(=O)(=O)NC[C@H](C)N1CCCC[C@H]1C. The minimum Gasteiger partial charge on any atom is -0.360 e. The quantitative estimate of drug-likeness (QED) is 0.897. The van der Waals surface area contributed by atoms with Gasteiger partial charge in [-0.15, -0.1) is 0 Å². The Kier molecular flexibility index (Phi) is 5.06. The summed E-state index contributed by atoms with van der Waals surface area (Å²) in [4.78, 5) is 2.54. The Labute approximate surface area is 126 Å². The zero-order valence-electron chi connectivity index (χ0n) is 13.2. The topological polar surface area (TPSA) is 75.4 Å². The number of sulfonamides is 1. The molecule has 0 bridgehead atoms. The van der Waals surface area contributed by atoms with Crippen molar-refractivity contribution in [2.24, 2.45) is 0 Å². The van der Waals surface area contributed by atoms with Crippen molar-refractivity contribution in [2.75, 3.05) is 13.1 Å². The van der Waals surface area contributed by atoms with E-state index < -0.39 is 10.0 Å². The van der Waals surface area contributed by atoms with Crippen molar-refractivity contribution in [1.29, 1.82) is 0 Å². The third-order valence-corrected chi connectivity index (χ3v) is 5.89. The Morgan fingerprint density at radius 2 is 2.14 bits per heavy atom. The second kappa shape index (κ2) is 6.46. The molecule has 0 spiro atoms. The molecule has 6 nitrogen and oxygen atoms in total. The maximum Gasteiger partial charge on any atom is 0.246 e. The summed E-state index contributed by atoms with van der Waals surface area (Å²) >= 11 is 0. The van der Waals surface area contributed by atoms with Gasteiger partial charge in [0.1, 0.15) is 10.6 Å². The largest absolute Gasteiger partial charge is 0.360 e. The fourth-order valence-corrected chi connectivity index (χ4v) is 4.50. The van der Waals surface area contributed by atoms with Crippen molar-refractivity contribution in [2.45, 2.75) is 63.9 Å². The molecule has 1 N–H and O–H groups in total. The number of aromatic nitrogens is 1. The van der Waals surface area contributed by atoms with Gasteiger partial charge in [0.2, 0.25) is 10.0 Å². The summed E-state index contributed by atoms with van der Waals surface area (Å²) in [6.45, 7) is 8.97. The van der Waals surface area contributed by atoms with Gasteiger partial charge in [-0.2, -0.15) is 0 Å². The molecule has 1 saturated heterocycles. The first kappa shape index (κ1) is 16.5. The van der Waals surface area contributed by atoms with Crippen LogP contribution in [0.25, 0.3) is 0 Å². The van der Waals surface area contributed by atoms with Gasteiger partial charge in [0.25, 0.3) is 0 Å². The lowest BCUT2D eigenvalue weighted by atomic mass is 10.0. The van der Waals surface area contributed by atoms with Crippen LogP contribution in [0.1, 0.15) is 44.6 Å². The molecule has 1 aromatic heterocycles. The molecule has 1 fully saturated rings. The monoisotopic (exact) mass is 315 g/mol. The van der Waals surface area contributed by atoms with E-state index >= 15 is 0 Å². The van der Waals surface area contributed by atoms with Crippen LogP contribution < -0.4 is 4.72 Å². The van der Waals surface area contributed by atoms with Crippen LogP contribution in [0.3, 0.4) is 0 Å². The van der Waals surface area contributed by atoms with Crippen LogP contribution in [0, 0.1) is 13.8 Å². The van der Waals surface area contributed by atoms with Crippen LogP contribution in [0.4, 0.5) is 0 Å². The van der Waals surface area contributed by atoms with E-state index in [2.05, 4.69) is 28.6 Å². The highest BCUT2D eigenvalue weighted by Crippen LogP contribution is 2.21. The third-order valence-electron chi connectivity index (χ3n) is 4.23. The van der Waals surface area contributed by atoms with Crippen molar-refractivity contribution in [1.82, 2.24) is 14.8 Å². The molecule has 0 radical (unpaired) electrons. The molecule has 0 unspecified atom stereocenters. The average molecular weight is 315 g/mol. The van der Waals surface area contributed by atoms with Crippen LogP contribution in [0.2, 0.25) is 0 Å². The van der Waals surface area contributed by atoms with E-state index in [4.69, 9.17) is 4.52 Å². The van der Waals surface area contributed by atoms with Gasteiger partial charge in [-0.05, 0) is 47.1 Å². The van der Waals surface area contributed by atoms with Crippen molar-refractivity contribution < 1.29 is 12.9 Å². The molecule has 2 rings (SSSR count). The lowest BCUT2D eigenvalue weighted by Gasteiger charge is -2.38. The van der Waals surface area contributed by atoms with E-state index in [1.54, 1.807) is 13.8 Å². The molecule has 1 aliphatic rings. The van der Waals surface area contributed by atoms with Crippen molar-refractivity contribution in [3.05, 3.63) is 11.5 Å². The first-order valence-electron chi connectivity index (χ1n) is 7.51. The summed E-state index contributed by atoms with van der Waals surface area (Å²) in [5.74, 6) is 0.332. The molecule has 1 aliphatic heterocycles. The summed E-state index contributed by atoms with van der Waals surface area (Å²) in [5.41, 5.74) is 0.402. The van der Waals surface area contributed by atoms with Crippen LogP contribution >= 0.6 is 0 Å². The number of nitrogens with zero attached hydrogens (tertiary/aromatic N) is 2. The molecule has 2 heterocycles. The van der Waals surface area contributed by atoms with Crippen molar-refractivity contribution in [3.8, 4) is 0 Å². The first-order valence-corrected chi connectivity index (χ1v) is 8.99. The number of rotatable bonds is 5. The van der Waals surface area contributed by atoms with Gasteiger partial charge in [0.15, 0.2) is 5.76 Å². The number of hydrogen-bond donors (Lipinski definition) is 1. The van der Waals surface area contributed by atoms with E-state index in [1.165, 1.54) is 19.3 Å². The summed E-state index contributed by atoms with van der Waals surface area (Å²) in [6, 6.07) is 0.688. The average Bonchev–Trinajstić information content (AvgIpc) is 2.77. The van der Waals surface area contributed by atoms with Crippen LogP contribution in [0.15, 0.2) is 9.42 Å². The first-order chi connectivity index (χ1) is 9.83. The molecule has 7 heteroatoms. The Balaban J connectivity index is 2.02. The van der Waals surface area contributed by atoms with E-state index in [0.717, 1.165) is 6.54 Å². The van der Waals surface area contributed by atoms with Gasteiger partial charge in [-0.25, -0.2) is 13.1 Å². The van der Waals surface area contributed by atoms with Crippen LogP contribution in [-0.2, 0) is 10.0 Å². The highest BCUT2D eigenvalue weighted by molar-refractivity contribution is 7.89. The van der Waals surface area contributed by atoms with Crippen molar-refractivity contribution >= 4 is 10.0 Å². The Morgan fingerprint density at radius 3 is 2.71 bits per heavy atom. The molecule has 1 aromatic rings. The van der Waals surface area contributed by atoms with E-state index in [0.29, 0.717) is 24.0 Å². The van der Waals surface area contributed by atoms with Crippen molar-refractivity contribution in [3.63, 3.8) is 0 Å². The van der Waals surface area contributed by atoms with Gasteiger partial charge in [-0.1, -0.05) is 11.6 Å². The van der Waals surface area contributed by atoms with E-state index in [1.807, 2.05) is 0 Å². The summed E-state index contributed by atoms with van der Waals surface area (Å²) in [7, 11) is -3.56. The van der Waals surface area contributed by atoms with Gasteiger partial charge in [0, 0.05) is 18.6 Å². The summed E-state index contributed by atoms with van der Waals surface area (Å²) in [5, 5.41) is 3.71. The normalized spacial score (nSPS) is 22.4. The Bertz CT molecular complexity index is 563. The molecule has 0 amide bonds. The zero-order chi connectivity index (χ0) is 15.6. The zero-order valence-corrected chi connectivity index (χ0v) is 14.0. The molecule has 0 aliphatic carbocycles. The lowest BCUT2D eigenvalue weighted by molar-refractivity contribution is 0.116. The number of likely N-dealkylation sites (tertiary alicyclic amines) is 1. The van der Waals surface area contributed by atoms with Gasteiger partial charge >= 0.3 is 0 Å². The highest BCUT2D eigenvalue weighted by Gasteiger charge is 2.27. The molecule has 120 valence electrons. The summed E-state index contributed by atoms with van der Waals surface area (Å²) < 4.78 is 32.4. The van der Waals surface area contributed by atoms with Gasteiger partial charge < -0.3 is 4.52 Å². The number of hydrogen-bond acceptors (Lipinski definition) is 5. The van der Waals surface area contributed by atoms with Crippen LogP contribution in [0.5, 0.6) is 0 Å². The molecular weight excluding hydrogens is 290 g/mol. The minimum absolute atomic E-state index is 0.168. The number of piperidine rings is 1. The molecular formula is C14H25N3O3S. The maximum absolute atomic E-state index is 12.4. The smallest absolute Gasteiger partial charge is 0.246 e. The fourth-order valence-electron chi connectivity index (χ4n) is 3.05. The second-order valence-electron chi connectivity index (χ2n) is 5.94.